The Kier molecular flexibility index (Phi) is 6.21. The minimum absolute atomic E-state index is 0.417. The van der Waals surface area contributed by atoms with Gasteiger partial charge in [-0.1, -0.05) is 44.2 Å². The molecular formula is C13H23NO. The van der Waals surface area contributed by atoms with Crippen LogP contribution < -0.4 is 5.11 Å². The summed E-state index contributed by atoms with van der Waals surface area (Å²) in [6.07, 6.45) is -0.417. The molecule has 1 aromatic carbocycles. The SMILES string of the molecule is CC(C)[O-].C[N+](C)(C)Cc1ccccc1. The Morgan fingerprint density at radius 3 is 1.80 bits per heavy atom. The van der Waals surface area contributed by atoms with E-state index in [4.69, 9.17) is 0 Å². The van der Waals surface area contributed by atoms with Crippen molar-refractivity contribution >= 4 is 0 Å². The largest absolute Gasteiger partial charge is 0.852 e. The van der Waals surface area contributed by atoms with E-state index < -0.39 is 6.10 Å². The second-order valence-electron chi connectivity index (χ2n) is 4.98. The van der Waals surface area contributed by atoms with E-state index in [1.807, 2.05) is 0 Å². The monoisotopic (exact) mass is 209 g/mol. The summed E-state index contributed by atoms with van der Waals surface area (Å²) in [5.41, 5.74) is 1.40. The van der Waals surface area contributed by atoms with Crippen molar-refractivity contribution in [2.45, 2.75) is 26.5 Å². The number of quaternary nitrogens is 1. The van der Waals surface area contributed by atoms with Gasteiger partial charge in [0.05, 0.1) is 21.1 Å². The summed E-state index contributed by atoms with van der Waals surface area (Å²) in [4.78, 5) is 0. The molecule has 0 atom stereocenters. The zero-order chi connectivity index (χ0) is 11.9. The van der Waals surface area contributed by atoms with Gasteiger partial charge in [-0.25, -0.2) is 0 Å². The maximum Gasteiger partial charge on any atom is 0.104 e. The van der Waals surface area contributed by atoms with Crippen molar-refractivity contribution in [1.29, 1.82) is 0 Å². The van der Waals surface area contributed by atoms with E-state index in [9.17, 15) is 5.11 Å². The van der Waals surface area contributed by atoms with Gasteiger partial charge in [0, 0.05) is 5.56 Å². The molecule has 0 amide bonds. The first-order valence-corrected chi connectivity index (χ1v) is 5.31. The normalized spacial score (nSPS) is 10.9. The highest BCUT2D eigenvalue weighted by Crippen LogP contribution is 2.05. The van der Waals surface area contributed by atoms with Crippen LogP contribution in [0.3, 0.4) is 0 Å². The van der Waals surface area contributed by atoms with E-state index in [0.717, 1.165) is 11.0 Å². The average Bonchev–Trinajstić information content (AvgIpc) is 2.01. The molecule has 0 bridgehead atoms. The molecule has 0 aliphatic rings. The molecule has 0 saturated heterocycles. The first-order chi connectivity index (χ1) is 6.81. The molecule has 0 saturated carbocycles. The van der Waals surface area contributed by atoms with Gasteiger partial charge in [-0.2, -0.15) is 0 Å². The molecule has 86 valence electrons. The smallest absolute Gasteiger partial charge is 0.104 e. The third kappa shape index (κ3) is 11.1. The predicted molar refractivity (Wildman–Crippen MR) is 63.3 cm³/mol. The van der Waals surface area contributed by atoms with Crippen LogP contribution in [0.15, 0.2) is 30.3 Å². The van der Waals surface area contributed by atoms with Gasteiger partial charge in [0.25, 0.3) is 0 Å². The molecule has 0 aromatic heterocycles. The standard InChI is InChI=1S/C10H16N.C3H7O/c1-11(2,3)9-10-7-5-4-6-8-10;1-3(2)4/h4-8H,9H2,1-3H3;3H,1-2H3/q+1;-1. The van der Waals surface area contributed by atoms with E-state index in [2.05, 4.69) is 51.5 Å². The molecule has 1 rings (SSSR count). The van der Waals surface area contributed by atoms with Crippen molar-refractivity contribution in [2.75, 3.05) is 21.1 Å². The summed E-state index contributed by atoms with van der Waals surface area (Å²) in [5.74, 6) is 0. The summed E-state index contributed by atoms with van der Waals surface area (Å²) in [7, 11) is 6.60. The van der Waals surface area contributed by atoms with Crippen LogP contribution in [0, 0.1) is 0 Å². The van der Waals surface area contributed by atoms with Crippen molar-refractivity contribution < 1.29 is 9.59 Å². The van der Waals surface area contributed by atoms with Crippen LogP contribution in [0.4, 0.5) is 0 Å². The van der Waals surface area contributed by atoms with E-state index in [1.54, 1.807) is 13.8 Å². The van der Waals surface area contributed by atoms with E-state index >= 15 is 0 Å². The molecule has 1 aromatic rings. The highest BCUT2D eigenvalue weighted by molar-refractivity contribution is 5.13. The molecular weight excluding hydrogens is 186 g/mol. The van der Waals surface area contributed by atoms with Crippen LogP contribution in [0.1, 0.15) is 19.4 Å². The summed E-state index contributed by atoms with van der Waals surface area (Å²) in [6.45, 7) is 4.32. The van der Waals surface area contributed by atoms with Gasteiger partial charge >= 0.3 is 0 Å². The van der Waals surface area contributed by atoms with Gasteiger partial charge in [-0.05, 0) is 0 Å². The Morgan fingerprint density at radius 2 is 1.47 bits per heavy atom. The van der Waals surface area contributed by atoms with E-state index in [-0.39, 0.29) is 0 Å². The van der Waals surface area contributed by atoms with Crippen molar-refractivity contribution in [3.63, 3.8) is 0 Å². The van der Waals surface area contributed by atoms with Crippen LogP contribution in [-0.4, -0.2) is 31.7 Å². The van der Waals surface area contributed by atoms with Crippen LogP contribution >= 0.6 is 0 Å². The molecule has 15 heavy (non-hydrogen) atoms. The van der Waals surface area contributed by atoms with Crippen molar-refractivity contribution in [1.82, 2.24) is 0 Å². The summed E-state index contributed by atoms with van der Waals surface area (Å²) in [5, 5.41) is 9.53. The molecule has 0 N–H and O–H groups in total. The average molecular weight is 209 g/mol. The Bertz CT molecular complexity index is 246. The Labute approximate surface area is 93.8 Å². The van der Waals surface area contributed by atoms with Gasteiger partial charge < -0.3 is 9.59 Å². The lowest BCUT2D eigenvalue weighted by molar-refractivity contribution is -0.884. The Balaban J connectivity index is 0.000000423. The molecule has 0 unspecified atom stereocenters. The van der Waals surface area contributed by atoms with E-state index in [0.29, 0.717) is 0 Å². The van der Waals surface area contributed by atoms with Gasteiger partial charge in [0.15, 0.2) is 0 Å². The second kappa shape index (κ2) is 6.59. The zero-order valence-corrected chi connectivity index (χ0v) is 10.5. The maximum absolute atomic E-state index is 9.53. The van der Waals surface area contributed by atoms with Crippen molar-refractivity contribution in [3.8, 4) is 0 Å². The quantitative estimate of drug-likeness (QED) is 0.679. The lowest BCUT2D eigenvalue weighted by Crippen LogP contribution is -2.33. The second-order valence-corrected chi connectivity index (χ2v) is 4.98. The molecule has 0 aliphatic heterocycles. The number of rotatable bonds is 2. The molecule has 0 heterocycles. The minimum atomic E-state index is -0.417. The number of benzene rings is 1. The third-order valence-corrected chi connectivity index (χ3v) is 1.50. The Morgan fingerprint density at radius 1 is 1.07 bits per heavy atom. The number of hydrogen-bond acceptors (Lipinski definition) is 1. The molecule has 0 spiro atoms. The lowest BCUT2D eigenvalue weighted by atomic mass is 10.2. The van der Waals surface area contributed by atoms with Crippen molar-refractivity contribution in [2.24, 2.45) is 0 Å². The van der Waals surface area contributed by atoms with Crippen LogP contribution in [0.2, 0.25) is 0 Å². The fourth-order valence-corrected chi connectivity index (χ4v) is 1.13. The summed E-state index contributed by atoms with van der Waals surface area (Å²) in [6, 6.07) is 10.6. The summed E-state index contributed by atoms with van der Waals surface area (Å²) >= 11 is 0. The molecule has 0 aliphatic carbocycles. The molecule has 0 fully saturated rings. The summed E-state index contributed by atoms with van der Waals surface area (Å²) < 4.78 is 0.990. The van der Waals surface area contributed by atoms with Gasteiger partial charge in [0.1, 0.15) is 6.54 Å². The minimum Gasteiger partial charge on any atom is -0.852 e. The highest BCUT2D eigenvalue weighted by atomic mass is 16.3. The van der Waals surface area contributed by atoms with Crippen LogP contribution in [-0.2, 0) is 6.54 Å². The molecule has 2 nitrogen and oxygen atoms in total. The molecule has 2 heteroatoms. The molecule has 0 radical (unpaired) electrons. The van der Waals surface area contributed by atoms with E-state index in [1.165, 1.54) is 5.56 Å². The first kappa shape index (κ1) is 14.1. The fraction of sp³-hybridized carbons (Fsp3) is 0.538. The first-order valence-electron chi connectivity index (χ1n) is 5.31. The fourth-order valence-electron chi connectivity index (χ4n) is 1.13. The maximum atomic E-state index is 9.53. The predicted octanol–water partition coefficient (Wildman–Crippen LogP) is 1.65. The van der Waals surface area contributed by atoms with Crippen LogP contribution in [0.5, 0.6) is 0 Å². The topological polar surface area (TPSA) is 23.1 Å². The van der Waals surface area contributed by atoms with Crippen LogP contribution in [0.25, 0.3) is 0 Å². The highest BCUT2D eigenvalue weighted by Gasteiger charge is 2.06. The Hall–Kier alpha value is -0.860. The van der Waals surface area contributed by atoms with Crippen molar-refractivity contribution in [3.05, 3.63) is 35.9 Å². The zero-order valence-electron chi connectivity index (χ0n) is 10.5. The van der Waals surface area contributed by atoms with Gasteiger partial charge in [0.2, 0.25) is 0 Å². The lowest BCUT2D eigenvalue weighted by Gasteiger charge is -2.23. The third-order valence-electron chi connectivity index (χ3n) is 1.50. The number of nitrogens with zero attached hydrogens (tertiary/aromatic N) is 1. The van der Waals surface area contributed by atoms with Gasteiger partial charge in [-0.3, -0.25) is 0 Å². The number of hydrogen-bond donors (Lipinski definition) is 0. The van der Waals surface area contributed by atoms with Gasteiger partial charge in [-0.15, -0.1) is 6.10 Å².